The molecule has 0 aliphatic carbocycles. The van der Waals surface area contributed by atoms with Crippen molar-refractivity contribution in [3.8, 4) is 0 Å². The van der Waals surface area contributed by atoms with Crippen molar-refractivity contribution < 1.29 is 85.2 Å². The SMILES string of the molecule is [O-]CC(F)(F)C(F)(F)F.[Rb+]. The molecule has 1 nitrogen and oxygen atoms in total. The summed E-state index contributed by atoms with van der Waals surface area (Å²) in [6.07, 6.45) is -5.70. The smallest absolute Gasteiger partial charge is 0.850 e. The molecule has 0 heterocycles. The van der Waals surface area contributed by atoms with E-state index in [1.165, 1.54) is 0 Å². The summed E-state index contributed by atoms with van der Waals surface area (Å²) in [5.74, 6) is -5.08. The van der Waals surface area contributed by atoms with Crippen LogP contribution in [-0.2, 0) is 0 Å². The van der Waals surface area contributed by atoms with Crippen LogP contribution in [0.5, 0.6) is 0 Å². The fourth-order valence-electron chi connectivity index (χ4n) is 0.0818. The van der Waals surface area contributed by atoms with Crippen molar-refractivity contribution in [2.75, 3.05) is 6.61 Å². The Morgan fingerprint density at radius 1 is 1.00 bits per heavy atom. The predicted molar refractivity (Wildman–Crippen MR) is 15.9 cm³/mol. The molecule has 0 radical (unpaired) electrons. The number of halogens is 5. The minimum Gasteiger partial charge on any atom is -0.850 e. The van der Waals surface area contributed by atoms with E-state index in [0.29, 0.717) is 0 Å². The summed E-state index contributed by atoms with van der Waals surface area (Å²) < 4.78 is 55.1. The first-order valence-electron chi connectivity index (χ1n) is 1.84. The van der Waals surface area contributed by atoms with Gasteiger partial charge in [0.15, 0.2) is 0 Å². The fourth-order valence-corrected chi connectivity index (χ4v) is 0.0818. The van der Waals surface area contributed by atoms with E-state index < -0.39 is 18.7 Å². The van der Waals surface area contributed by atoms with Crippen molar-refractivity contribution in [3.63, 3.8) is 0 Å². The van der Waals surface area contributed by atoms with E-state index in [2.05, 4.69) is 0 Å². The van der Waals surface area contributed by atoms with Crippen LogP contribution in [0.1, 0.15) is 0 Å². The van der Waals surface area contributed by atoms with Crippen molar-refractivity contribution in [1.29, 1.82) is 0 Å². The Kier molecular flexibility index (Phi) is 6.21. The fraction of sp³-hybridized carbons (Fsp3) is 1.00. The molecule has 7 heteroatoms. The average molecular weight is 235 g/mol. The van der Waals surface area contributed by atoms with Gasteiger partial charge in [-0.2, -0.15) is 22.0 Å². The molecule has 0 saturated carbocycles. The molecule has 0 aliphatic rings. The van der Waals surface area contributed by atoms with Gasteiger partial charge in [-0.15, -0.1) is 0 Å². The normalized spacial score (nSPS) is 12.6. The van der Waals surface area contributed by atoms with Gasteiger partial charge in [0.1, 0.15) is 0 Å². The maximum absolute atomic E-state index is 11.2. The zero-order valence-electron chi connectivity index (χ0n) is 5.01. The maximum Gasteiger partial charge on any atom is 1.00 e. The molecule has 0 spiro atoms. The largest absolute Gasteiger partial charge is 1.00 e. The van der Waals surface area contributed by atoms with Crippen LogP contribution in [0.2, 0.25) is 0 Å². The second kappa shape index (κ2) is 4.44. The average Bonchev–Trinajstić information content (AvgIpc) is 1.64. The van der Waals surface area contributed by atoms with Crippen LogP contribution >= 0.6 is 0 Å². The molecule has 0 amide bonds. The first-order valence-corrected chi connectivity index (χ1v) is 1.84. The quantitative estimate of drug-likeness (QED) is 0.462. The van der Waals surface area contributed by atoms with E-state index in [1.54, 1.807) is 0 Å². The third kappa shape index (κ3) is 3.70. The molecule has 0 aromatic heterocycles. The molecule has 0 unspecified atom stereocenters. The Balaban J connectivity index is 0. The first kappa shape index (κ1) is 14.0. The summed E-state index contributed by atoms with van der Waals surface area (Å²) >= 11 is 0. The monoisotopic (exact) mass is 234 g/mol. The molecule has 0 fully saturated rings. The van der Waals surface area contributed by atoms with Crippen molar-refractivity contribution in [3.05, 3.63) is 0 Å². The minimum atomic E-state index is -5.70. The zero-order chi connectivity index (χ0) is 7.71. The van der Waals surface area contributed by atoms with E-state index in [1.807, 2.05) is 0 Å². The van der Waals surface area contributed by atoms with Crippen molar-refractivity contribution in [1.82, 2.24) is 0 Å². The summed E-state index contributed by atoms with van der Waals surface area (Å²) in [6.45, 7) is -2.45. The summed E-state index contributed by atoms with van der Waals surface area (Å²) in [5.41, 5.74) is 0. The molecule has 0 aromatic carbocycles. The summed E-state index contributed by atoms with van der Waals surface area (Å²) in [4.78, 5) is 0. The second-order valence-corrected chi connectivity index (χ2v) is 1.35. The van der Waals surface area contributed by atoms with Crippen LogP contribution in [-0.4, -0.2) is 18.7 Å². The minimum absolute atomic E-state index is 0. The molecule has 0 N–H and O–H groups in total. The Bertz CT molecular complexity index is 99.6. The molecule has 0 saturated heterocycles. The Labute approximate surface area is 102 Å². The van der Waals surface area contributed by atoms with Crippen LogP contribution in [0.3, 0.4) is 0 Å². The maximum atomic E-state index is 11.2. The molecule has 0 aliphatic heterocycles. The van der Waals surface area contributed by atoms with Gasteiger partial charge in [0.2, 0.25) is 0 Å². The van der Waals surface area contributed by atoms with Gasteiger partial charge in [-0.1, -0.05) is 6.61 Å². The van der Waals surface area contributed by atoms with Crippen LogP contribution in [0, 0.1) is 0 Å². The van der Waals surface area contributed by atoms with Crippen LogP contribution in [0.25, 0.3) is 0 Å². The molecule has 0 rings (SSSR count). The zero-order valence-corrected chi connectivity index (χ0v) is 9.92. The van der Waals surface area contributed by atoms with Gasteiger partial charge in [-0.3, -0.25) is 0 Å². The molecular formula is C3H2F5ORb. The number of hydrogen-bond acceptors (Lipinski definition) is 1. The first-order chi connectivity index (χ1) is 3.81. The molecule has 0 atom stereocenters. The standard InChI is InChI=1S/C3H2F5O.Rb/c4-2(5,1-9)3(6,7)8;/h1H2;/q-1;+1. The van der Waals surface area contributed by atoms with Gasteiger partial charge in [0.05, 0.1) is 0 Å². The van der Waals surface area contributed by atoms with E-state index in [4.69, 9.17) is 5.11 Å². The third-order valence-corrected chi connectivity index (χ3v) is 0.596. The van der Waals surface area contributed by atoms with Crippen molar-refractivity contribution in [2.45, 2.75) is 12.1 Å². The Morgan fingerprint density at radius 3 is 1.30 bits per heavy atom. The summed E-state index contributed by atoms with van der Waals surface area (Å²) in [5, 5.41) is 9.13. The van der Waals surface area contributed by atoms with E-state index in [0.717, 1.165) is 0 Å². The van der Waals surface area contributed by atoms with Gasteiger partial charge < -0.3 is 5.11 Å². The van der Waals surface area contributed by atoms with E-state index >= 15 is 0 Å². The van der Waals surface area contributed by atoms with Crippen LogP contribution < -0.4 is 63.3 Å². The topological polar surface area (TPSA) is 23.1 Å². The van der Waals surface area contributed by atoms with Gasteiger partial charge in [0.25, 0.3) is 0 Å². The number of rotatable bonds is 1. The Hall–Kier alpha value is 1.42. The number of alkyl halides is 5. The molecular weight excluding hydrogens is 232 g/mol. The van der Waals surface area contributed by atoms with Crippen LogP contribution in [0.4, 0.5) is 22.0 Å². The summed E-state index contributed by atoms with van der Waals surface area (Å²) in [6, 6.07) is 0. The predicted octanol–water partition coefficient (Wildman–Crippen LogP) is -2.45. The van der Waals surface area contributed by atoms with Gasteiger partial charge in [0, 0.05) is 0 Å². The van der Waals surface area contributed by atoms with Crippen molar-refractivity contribution >= 4 is 0 Å². The summed E-state index contributed by atoms with van der Waals surface area (Å²) in [7, 11) is 0. The van der Waals surface area contributed by atoms with Gasteiger partial charge in [-0.05, 0) is 0 Å². The van der Waals surface area contributed by atoms with E-state index in [9.17, 15) is 22.0 Å². The van der Waals surface area contributed by atoms with Crippen molar-refractivity contribution in [2.24, 2.45) is 0 Å². The molecule has 0 bridgehead atoms. The second-order valence-electron chi connectivity index (χ2n) is 1.35. The molecule has 0 aromatic rings. The molecule has 56 valence electrons. The third-order valence-electron chi connectivity index (χ3n) is 0.596. The Morgan fingerprint density at radius 2 is 1.30 bits per heavy atom. The van der Waals surface area contributed by atoms with Crippen LogP contribution in [0.15, 0.2) is 0 Å². The number of hydrogen-bond donors (Lipinski definition) is 0. The van der Waals surface area contributed by atoms with Gasteiger partial charge >= 0.3 is 70.3 Å². The molecule has 10 heavy (non-hydrogen) atoms. The van der Waals surface area contributed by atoms with Gasteiger partial charge in [-0.25, -0.2) is 0 Å². The van der Waals surface area contributed by atoms with E-state index in [-0.39, 0.29) is 58.2 Å².